The molecule has 7 rings (SSSR count). The summed E-state index contributed by atoms with van der Waals surface area (Å²) in [6.07, 6.45) is 1.61. The molecule has 0 saturated carbocycles. The maximum absolute atomic E-state index is 10.7. The minimum Gasteiger partial charge on any atom is -0.456 e. The quantitative estimate of drug-likeness (QED) is 0.148. The van der Waals surface area contributed by atoms with Crippen LogP contribution in [-0.4, -0.2) is 6.08 Å². The van der Waals surface area contributed by atoms with Crippen LogP contribution in [0, 0.1) is 0 Å². The standard InChI is InChI=1S/C37H25N3O2/c41-26-38-27-15-17-30(18-16-27)39(28-9-3-1-4-10-28)31-19-21-32(22-20-31)40(29-11-5-2-6-12-29)33-23-24-37-35(25-33)34-13-7-8-14-36(34)42-37/h1-25H. The van der Waals surface area contributed by atoms with Crippen LogP contribution in [0.4, 0.5) is 39.8 Å². The van der Waals surface area contributed by atoms with Crippen molar-refractivity contribution in [1.82, 2.24) is 0 Å². The maximum atomic E-state index is 10.7. The molecule has 0 amide bonds. The Morgan fingerprint density at radius 2 is 0.905 bits per heavy atom. The van der Waals surface area contributed by atoms with Crippen molar-refractivity contribution in [2.45, 2.75) is 0 Å². The molecule has 0 saturated heterocycles. The number of carbonyl (C=O) groups excluding carboxylic acids is 1. The van der Waals surface area contributed by atoms with Gasteiger partial charge in [-0.15, -0.1) is 0 Å². The zero-order valence-corrected chi connectivity index (χ0v) is 22.6. The molecular weight excluding hydrogens is 518 g/mol. The molecule has 6 aromatic carbocycles. The van der Waals surface area contributed by atoms with E-state index in [1.54, 1.807) is 6.08 Å². The van der Waals surface area contributed by atoms with Crippen molar-refractivity contribution in [2.75, 3.05) is 9.80 Å². The molecule has 0 radical (unpaired) electrons. The Morgan fingerprint density at radius 1 is 0.452 bits per heavy atom. The number of hydrogen-bond acceptors (Lipinski definition) is 5. The van der Waals surface area contributed by atoms with Crippen LogP contribution in [0.25, 0.3) is 21.9 Å². The Kier molecular flexibility index (Phi) is 6.53. The first-order valence-corrected chi connectivity index (χ1v) is 13.7. The van der Waals surface area contributed by atoms with Gasteiger partial charge in [-0.25, -0.2) is 4.79 Å². The van der Waals surface area contributed by atoms with Crippen molar-refractivity contribution in [1.29, 1.82) is 0 Å². The maximum Gasteiger partial charge on any atom is 0.240 e. The van der Waals surface area contributed by atoms with Gasteiger partial charge in [-0.2, -0.15) is 4.99 Å². The zero-order valence-electron chi connectivity index (χ0n) is 22.6. The Labute approximate surface area is 243 Å². The highest BCUT2D eigenvalue weighted by Crippen LogP contribution is 2.41. The van der Waals surface area contributed by atoms with Crippen molar-refractivity contribution >= 4 is 67.8 Å². The molecule has 42 heavy (non-hydrogen) atoms. The first-order chi connectivity index (χ1) is 20.8. The molecule has 0 spiro atoms. The molecule has 0 atom stereocenters. The van der Waals surface area contributed by atoms with Gasteiger partial charge in [-0.3, -0.25) is 0 Å². The van der Waals surface area contributed by atoms with E-state index in [0.717, 1.165) is 56.1 Å². The molecule has 0 aliphatic heterocycles. The predicted molar refractivity (Wildman–Crippen MR) is 171 cm³/mol. The molecule has 0 bridgehead atoms. The smallest absolute Gasteiger partial charge is 0.240 e. The van der Waals surface area contributed by atoms with Gasteiger partial charge in [0.15, 0.2) is 0 Å². The van der Waals surface area contributed by atoms with E-state index in [2.05, 4.69) is 93.7 Å². The van der Waals surface area contributed by atoms with E-state index in [-0.39, 0.29) is 0 Å². The third-order valence-electron chi connectivity index (χ3n) is 7.30. The van der Waals surface area contributed by atoms with Gasteiger partial charge in [0.2, 0.25) is 6.08 Å². The molecule has 0 unspecified atom stereocenters. The minimum atomic E-state index is 0.568. The molecule has 5 heteroatoms. The van der Waals surface area contributed by atoms with Crippen molar-refractivity contribution < 1.29 is 9.21 Å². The van der Waals surface area contributed by atoms with Gasteiger partial charge in [0, 0.05) is 44.9 Å². The van der Waals surface area contributed by atoms with E-state index in [0.29, 0.717) is 5.69 Å². The lowest BCUT2D eigenvalue weighted by Crippen LogP contribution is -2.12. The van der Waals surface area contributed by atoms with Crippen molar-refractivity contribution in [3.05, 3.63) is 152 Å². The molecular formula is C37H25N3O2. The fourth-order valence-corrected chi connectivity index (χ4v) is 5.38. The summed E-state index contributed by atoms with van der Waals surface area (Å²) in [6.45, 7) is 0. The Bertz CT molecular complexity index is 2030. The number of anilines is 6. The van der Waals surface area contributed by atoms with Crippen LogP contribution in [0.15, 0.2) is 161 Å². The van der Waals surface area contributed by atoms with Gasteiger partial charge in [0.1, 0.15) is 11.2 Å². The van der Waals surface area contributed by atoms with Crippen LogP contribution in [0.1, 0.15) is 0 Å². The van der Waals surface area contributed by atoms with E-state index in [1.807, 2.05) is 72.8 Å². The van der Waals surface area contributed by atoms with Gasteiger partial charge < -0.3 is 14.2 Å². The number of benzene rings is 6. The van der Waals surface area contributed by atoms with E-state index < -0.39 is 0 Å². The summed E-state index contributed by atoms with van der Waals surface area (Å²) in [6, 6.07) is 51.1. The van der Waals surface area contributed by atoms with Crippen molar-refractivity contribution in [3.8, 4) is 0 Å². The van der Waals surface area contributed by atoms with Crippen molar-refractivity contribution in [2.24, 2.45) is 4.99 Å². The monoisotopic (exact) mass is 543 g/mol. The fraction of sp³-hybridized carbons (Fsp3) is 0. The summed E-state index contributed by atoms with van der Waals surface area (Å²) in [4.78, 5) is 18.9. The summed E-state index contributed by atoms with van der Waals surface area (Å²) in [7, 11) is 0. The highest BCUT2D eigenvalue weighted by molar-refractivity contribution is 6.06. The summed E-state index contributed by atoms with van der Waals surface area (Å²) >= 11 is 0. The predicted octanol–water partition coefficient (Wildman–Crippen LogP) is 10.5. The highest BCUT2D eigenvalue weighted by atomic mass is 16.3. The Morgan fingerprint density at radius 3 is 1.50 bits per heavy atom. The lowest BCUT2D eigenvalue weighted by molar-refractivity contribution is 0.565. The largest absolute Gasteiger partial charge is 0.456 e. The number of para-hydroxylation sites is 3. The number of rotatable bonds is 7. The third kappa shape index (κ3) is 4.71. The normalized spacial score (nSPS) is 10.9. The van der Waals surface area contributed by atoms with Crippen LogP contribution in [0.2, 0.25) is 0 Å². The molecule has 7 aromatic rings. The van der Waals surface area contributed by atoms with E-state index in [9.17, 15) is 4.79 Å². The number of aliphatic imine (C=N–C) groups is 1. The molecule has 0 aliphatic rings. The Balaban J connectivity index is 1.32. The van der Waals surface area contributed by atoms with Gasteiger partial charge in [0.25, 0.3) is 0 Å². The summed E-state index contributed by atoms with van der Waals surface area (Å²) in [5.41, 5.74) is 8.42. The SMILES string of the molecule is O=C=Nc1ccc(N(c2ccccc2)c2ccc(N(c3ccccc3)c3ccc4oc5ccccc5c4c3)cc2)cc1. The molecule has 5 nitrogen and oxygen atoms in total. The summed E-state index contributed by atoms with van der Waals surface area (Å²) in [5, 5.41) is 2.18. The van der Waals surface area contributed by atoms with Crippen LogP contribution in [-0.2, 0) is 4.79 Å². The molecule has 1 heterocycles. The molecule has 0 fully saturated rings. The lowest BCUT2D eigenvalue weighted by Gasteiger charge is -2.28. The lowest BCUT2D eigenvalue weighted by atomic mass is 10.1. The van der Waals surface area contributed by atoms with Crippen LogP contribution >= 0.6 is 0 Å². The average molecular weight is 544 g/mol. The van der Waals surface area contributed by atoms with Crippen LogP contribution in [0.5, 0.6) is 0 Å². The second-order valence-corrected chi connectivity index (χ2v) is 9.86. The number of isocyanates is 1. The van der Waals surface area contributed by atoms with E-state index in [1.165, 1.54) is 0 Å². The number of hydrogen-bond donors (Lipinski definition) is 0. The number of nitrogens with zero attached hydrogens (tertiary/aromatic N) is 3. The second kappa shape index (κ2) is 10.9. The summed E-state index contributed by atoms with van der Waals surface area (Å²) < 4.78 is 6.10. The van der Waals surface area contributed by atoms with Gasteiger partial charge in [-0.05, 0) is 97.1 Å². The van der Waals surface area contributed by atoms with Crippen molar-refractivity contribution in [3.63, 3.8) is 0 Å². The summed E-state index contributed by atoms with van der Waals surface area (Å²) in [5.74, 6) is 0. The first-order valence-electron chi connectivity index (χ1n) is 13.7. The number of fused-ring (bicyclic) bond motifs is 3. The third-order valence-corrected chi connectivity index (χ3v) is 7.30. The molecule has 0 aliphatic carbocycles. The average Bonchev–Trinajstić information content (AvgIpc) is 3.42. The first kappa shape index (κ1) is 25.1. The second-order valence-electron chi connectivity index (χ2n) is 9.86. The molecule has 1 aromatic heterocycles. The van der Waals surface area contributed by atoms with E-state index in [4.69, 9.17) is 4.42 Å². The van der Waals surface area contributed by atoms with Gasteiger partial charge in [-0.1, -0.05) is 54.6 Å². The fourth-order valence-electron chi connectivity index (χ4n) is 5.38. The topological polar surface area (TPSA) is 49.1 Å². The highest BCUT2D eigenvalue weighted by Gasteiger charge is 2.17. The molecule has 200 valence electrons. The zero-order chi connectivity index (χ0) is 28.3. The van der Waals surface area contributed by atoms with Crippen LogP contribution in [0.3, 0.4) is 0 Å². The van der Waals surface area contributed by atoms with Gasteiger partial charge >= 0.3 is 0 Å². The van der Waals surface area contributed by atoms with E-state index >= 15 is 0 Å². The van der Waals surface area contributed by atoms with Crippen LogP contribution < -0.4 is 9.80 Å². The number of furan rings is 1. The minimum absolute atomic E-state index is 0.568. The Hall–Kier alpha value is -5.90. The van der Waals surface area contributed by atoms with Gasteiger partial charge in [0.05, 0.1) is 5.69 Å². The molecule has 0 N–H and O–H groups in total.